The molecule has 0 amide bonds. The predicted octanol–water partition coefficient (Wildman–Crippen LogP) is 0.997. The standard InChI is InChI=1S/C8H12N2O3/c11-7(12)8-3-1-2-6(8)10(9-13)5-4-8/h6H,1-5H2,(H,11,12). The first-order valence-corrected chi connectivity index (χ1v) is 4.54. The van der Waals surface area contributed by atoms with Crippen molar-refractivity contribution in [1.82, 2.24) is 5.01 Å². The Kier molecular flexibility index (Phi) is 1.75. The van der Waals surface area contributed by atoms with Crippen molar-refractivity contribution >= 4 is 5.97 Å². The highest BCUT2D eigenvalue weighted by Gasteiger charge is 2.56. The van der Waals surface area contributed by atoms with Crippen LogP contribution in [0.3, 0.4) is 0 Å². The first-order chi connectivity index (χ1) is 6.20. The molecule has 0 aromatic heterocycles. The van der Waals surface area contributed by atoms with Gasteiger partial charge in [-0.15, -0.1) is 4.91 Å². The van der Waals surface area contributed by atoms with Gasteiger partial charge in [-0.1, -0.05) is 6.42 Å². The number of nitroso groups, excluding NO2 is 1. The van der Waals surface area contributed by atoms with Crippen molar-refractivity contribution in [2.24, 2.45) is 10.7 Å². The summed E-state index contributed by atoms with van der Waals surface area (Å²) in [6.07, 6.45) is 2.94. The molecule has 0 aromatic rings. The fraction of sp³-hybridized carbons (Fsp3) is 0.875. The van der Waals surface area contributed by atoms with Gasteiger partial charge in [-0.25, -0.2) is 0 Å². The predicted molar refractivity (Wildman–Crippen MR) is 44.8 cm³/mol. The second-order valence-corrected chi connectivity index (χ2v) is 3.86. The average molecular weight is 184 g/mol. The molecule has 72 valence electrons. The lowest BCUT2D eigenvalue weighted by atomic mass is 9.83. The topological polar surface area (TPSA) is 70.0 Å². The number of rotatable bonds is 2. The highest BCUT2D eigenvalue weighted by Crippen LogP contribution is 2.48. The van der Waals surface area contributed by atoms with Crippen LogP contribution in [-0.4, -0.2) is 28.7 Å². The lowest BCUT2D eigenvalue weighted by molar-refractivity contribution is -0.149. The molecule has 1 aliphatic heterocycles. The maximum Gasteiger partial charge on any atom is 0.311 e. The number of fused-ring (bicyclic) bond motifs is 1. The molecular formula is C8H12N2O3. The number of hydrogen-bond donors (Lipinski definition) is 1. The largest absolute Gasteiger partial charge is 0.481 e. The van der Waals surface area contributed by atoms with Crippen LogP contribution in [0.4, 0.5) is 0 Å². The summed E-state index contributed by atoms with van der Waals surface area (Å²) in [6.45, 7) is 0.500. The van der Waals surface area contributed by atoms with Crippen molar-refractivity contribution in [3.8, 4) is 0 Å². The molecule has 2 fully saturated rings. The minimum atomic E-state index is -0.763. The zero-order valence-electron chi connectivity index (χ0n) is 7.27. The van der Waals surface area contributed by atoms with Crippen LogP contribution in [0, 0.1) is 10.3 Å². The highest BCUT2D eigenvalue weighted by molar-refractivity contribution is 5.76. The fourth-order valence-corrected chi connectivity index (χ4v) is 2.70. The van der Waals surface area contributed by atoms with Crippen LogP contribution in [-0.2, 0) is 4.79 Å². The van der Waals surface area contributed by atoms with E-state index in [1.54, 1.807) is 0 Å². The van der Waals surface area contributed by atoms with Gasteiger partial charge >= 0.3 is 5.97 Å². The summed E-state index contributed by atoms with van der Waals surface area (Å²) < 4.78 is 0. The van der Waals surface area contributed by atoms with Crippen molar-refractivity contribution < 1.29 is 9.90 Å². The van der Waals surface area contributed by atoms with Crippen molar-refractivity contribution in [2.75, 3.05) is 6.54 Å². The van der Waals surface area contributed by atoms with Gasteiger partial charge in [-0.2, -0.15) is 0 Å². The summed E-state index contributed by atoms with van der Waals surface area (Å²) in [4.78, 5) is 21.5. The van der Waals surface area contributed by atoms with Gasteiger partial charge in [0, 0.05) is 6.54 Å². The monoisotopic (exact) mass is 184 g/mol. The second kappa shape index (κ2) is 2.68. The van der Waals surface area contributed by atoms with Gasteiger partial charge in [0.15, 0.2) is 0 Å². The molecule has 1 aliphatic carbocycles. The number of nitrogens with zero attached hydrogens (tertiary/aromatic N) is 2. The first kappa shape index (κ1) is 8.47. The number of hydrogen-bond acceptors (Lipinski definition) is 3. The smallest absolute Gasteiger partial charge is 0.311 e. The Labute approximate surface area is 75.7 Å². The molecule has 2 rings (SSSR count). The highest BCUT2D eigenvalue weighted by atomic mass is 16.4. The summed E-state index contributed by atoms with van der Waals surface area (Å²) in [6, 6.07) is -0.150. The summed E-state index contributed by atoms with van der Waals surface area (Å²) in [5.41, 5.74) is -0.673. The molecule has 1 saturated heterocycles. The minimum absolute atomic E-state index is 0.150. The van der Waals surface area contributed by atoms with E-state index < -0.39 is 11.4 Å². The number of carboxylic acids is 1. The van der Waals surface area contributed by atoms with E-state index in [-0.39, 0.29) is 6.04 Å². The van der Waals surface area contributed by atoms with Gasteiger partial charge in [-0.3, -0.25) is 9.80 Å². The summed E-state index contributed by atoms with van der Waals surface area (Å²) >= 11 is 0. The molecule has 0 spiro atoms. The van der Waals surface area contributed by atoms with Gasteiger partial charge in [0.25, 0.3) is 0 Å². The molecule has 2 unspecified atom stereocenters. The van der Waals surface area contributed by atoms with Crippen LogP contribution in [0.1, 0.15) is 25.7 Å². The maximum atomic E-state index is 11.1. The molecule has 1 saturated carbocycles. The second-order valence-electron chi connectivity index (χ2n) is 3.86. The third-order valence-electron chi connectivity index (χ3n) is 3.42. The Bertz CT molecular complexity index is 256. The third kappa shape index (κ3) is 0.959. The Morgan fingerprint density at radius 3 is 2.92 bits per heavy atom. The molecule has 1 heterocycles. The van der Waals surface area contributed by atoms with Crippen molar-refractivity contribution in [3.05, 3.63) is 4.91 Å². The molecule has 1 N–H and O–H groups in total. The first-order valence-electron chi connectivity index (χ1n) is 4.54. The zero-order chi connectivity index (χ0) is 9.47. The average Bonchev–Trinajstić information content (AvgIpc) is 2.60. The Hall–Kier alpha value is -1.13. The Morgan fingerprint density at radius 2 is 2.31 bits per heavy atom. The lowest BCUT2D eigenvalue weighted by Crippen LogP contribution is -2.38. The van der Waals surface area contributed by atoms with E-state index in [0.717, 1.165) is 12.8 Å². The summed E-state index contributed by atoms with van der Waals surface area (Å²) in [5.74, 6) is -0.763. The van der Waals surface area contributed by atoms with Crippen molar-refractivity contribution in [3.63, 3.8) is 0 Å². The normalized spacial score (nSPS) is 37.5. The number of carboxylic acid groups (broad SMARTS) is 1. The molecule has 2 aliphatic rings. The number of carbonyl (C=O) groups is 1. The summed E-state index contributed by atoms with van der Waals surface area (Å²) in [5, 5.41) is 13.4. The third-order valence-corrected chi connectivity index (χ3v) is 3.42. The van der Waals surface area contributed by atoms with Gasteiger partial charge in [0.1, 0.15) is 0 Å². The van der Waals surface area contributed by atoms with E-state index in [1.165, 1.54) is 5.01 Å². The minimum Gasteiger partial charge on any atom is -0.481 e. The maximum absolute atomic E-state index is 11.1. The lowest BCUT2D eigenvalue weighted by Gasteiger charge is -2.24. The molecule has 5 heteroatoms. The van der Waals surface area contributed by atoms with E-state index in [9.17, 15) is 9.70 Å². The van der Waals surface area contributed by atoms with E-state index >= 15 is 0 Å². The number of aliphatic carboxylic acids is 1. The van der Waals surface area contributed by atoms with Crippen LogP contribution >= 0.6 is 0 Å². The zero-order valence-corrected chi connectivity index (χ0v) is 7.27. The van der Waals surface area contributed by atoms with Gasteiger partial charge in [0.05, 0.1) is 16.7 Å². The van der Waals surface area contributed by atoms with Crippen LogP contribution in [0.25, 0.3) is 0 Å². The van der Waals surface area contributed by atoms with E-state index in [1.807, 2.05) is 0 Å². The fourth-order valence-electron chi connectivity index (χ4n) is 2.70. The van der Waals surface area contributed by atoms with Crippen molar-refractivity contribution in [1.29, 1.82) is 0 Å². The molecule has 0 bridgehead atoms. The Balaban J connectivity index is 2.28. The molecule has 0 aromatic carbocycles. The van der Waals surface area contributed by atoms with E-state index in [0.29, 0.717) is 19.4 Å². The van der Waals surface area contributed by atoms with Gasteiger partial charge in [0.2, 0.25) is 0 Å². The van der Waals surface area contributed by atoms with Crippen LogP contribution < -0.4 is 0 Å². The van der Waals surface area contributed by atoms with Gasteiger partial charge in [-0.05, 0) is 19.3 Å². The van der Waals surface area contributed by atoms with Crippen molar-refractivity contribution in [2.45, 2.75) is 31.7 Å². The van der Waals surface area contributed by atoms with E-state index in [2.05, 4.69) is 5.29 Å². The summed E-state index contributed by atoms with van der Waals surface area (Å²) in [7, 11) is 0. The van der Waals surface area contributed by atoms with Crippen LogP contribution in [0.2, 0.25) is 0 Å². The van der Waals surface area contributed by atoms with Gasteiger partial charge < -0.3 is 5.11 Å². The van der Waals surface area contributed by atoms with E-state index in [4.69, 9.17) is 5.11 Å². The quantitative estimate of drug-likeness (QED) is 0.650. The molecule has 0 radical (unpaired) electrons. The SMILES string of the molecule is O=NN1CCC2(C(=O)O)CCCC12. The molecular weight excluding hydrogens is 172 g/mol. The van der Waals surface area contributed by atoms with Crippen LogP contribution in [0.5, 0.6) is 0 Å². The molecule has 13 heavy (non-hydrogen) atoms. The molecule has 2 atom stereocenters. The molecule has 5 nitrogen and oxygen atoms in total. The Morgan fingerprint density at radius 1 is 1.54 bits per heavy atom. The van der Waals surface area contributed by atoms with Crippen LogP contribution in [0.15, 0.2) is 5.29 Å².